The second-order valence-electron chi connectivity index (χ2n) is 7.60. The maximum absolute atomic E-state index is 13.3. The zero-order valence-electron chi connectivity index (χ0n) is 17.0. The van der Waals surface area contributed by atoms with E-state index in [1.54, 1.807) is 17.2 Å². The number of carbonyl (C=O) groups is 2. The number of hydrogen-bond donors (Lipinski definition) is 1. The molecule has 2 fully saturated rings. The molecule has 2 aliphatic rings. The second kappa shape index (κ2) is 8.44. The zero-order valence-corrected chi connectivity index (χ0v) is 17.0. The first-order valence-corrected chi connectivity index (χ1v) is 10.4. The Morgan fingerprint density at radius 1 is 1.00 bits per heavy atom. The van der Waals surface area contributed by atoms with Gasteiger partial charge in [0, 0.05) is 31.2 Å². The van der Waals surface area contributed by atoms with Crippen molar-refractivity contribution in [2.24, 2.45) is 0 Å². The van der Waals surface area contributed by atoms with E-state index in [-0.39, 0.29) is 11.8 Å². The molecule has 0 saturated carbocycles. The molecule has 9 nitrogen and oxygen atoms in total. The van der Waals surface area contributed by atoms with E-state index in [4.69, 9.17) is 14.5 Å². The van der Waals surface area contributed by atoms with Gasteiger partial charge in [-0.15, -0.1) is 0 Å². The molecule has 3 aromatic rings. The summed E-state index contributed by atoms with van der Waals surface area (Å²) in [4.78, 5) is 34.3. The van der Waals surface area contributed by atoms with Crippen molar-refractivity contribution in [3.8, 4) is 0 Å². The van der Waals surface area contributed by atoms with Crippen molar-refractivity contribution in [3.05, 3.63) is 59.5 Å². The molecule has 0 radical (unpaired) electrons. The van der Waals surface area contributed by atoms with Gasteiger partial charge < -0.3 is 19.3 Å². The standard InChI is InChI=1S/C22H23N5O4/c28-21(26-7-10-30-11-8-26)16-13-19(24-17-4-2-1-3-15(16)17)20-14-27(9-12-31-20)22(29)18-5-6-23-25-18/h1-6,13,20H,7-12,14H2,(H,23,25)/t20-/m1/s1. The van der Waals surface area contributed by atoms with E-state index in [0.29, 0.717) is 63.0 Å². The molecule has 0 unspecified atom stereocenters. The first-order valence-electron chi connectivity index (χ1n) is 10.4. The summed E-state index contributed by atoms with van der Waals surface area (Å²) in [6.07, 6.45) is 1.14. The minimum atomic E-state index is -0.415. The SMILES string of the molecule is O=C(c1ccn[nH]1)N1CCO[C@@H](c2cc(C(=O)N3CCOCC3)c3ccccc3n2)C1. The summed E-state index contributed by atoms with van der Waals surface area (Å²) in [5, 5.41) is 7.38. The lowest BCUT2D eigenvalue weighted by Crippen LogP contribution is -2.43. The van der Waals surface area contributed by atoms with Crippen LogP contribution in [0.4, 0.5) is 0 Å². The lowest BCUT2D eigenvalue weighted by molar-refractivity contribution is -0.0248. The predicted molar refractivity (Wildman–Crippen MR) is 112 cm³/mol. The van der Waals surface area contributed by atoms with Crippen LogP contribution in [0, 0.1) is 0 Å². The lowest BCUT2D eigenvalue weighted by atomic mass is 10.0. The number of fused-ring (bicyclic) bond motifs is 1. The van der Waals surface area contributed by atoms with Crippen LogP contribution < -0.4 is 0 Å². The van der Waals surface area contributed by atoms with Crippen LogP contribution in [-0.2, 0) is 9.47 Å². The quantitative estimate of drug-likeness (QED) is 0.690. The molecular weight excluding hydrogens is 398 g/mol. The van der Waals surface area contributed by atoms with E-state index in [1.807, 2.05) is 35.2 Å². The number of hydrogen-bond acceptors (Lipinski definition) is 6. The average molecular weight is 421 g/mol. The van der Waals surface area contributed by atoms with Crippen LogP contribution in [-0.4, -0.2) is 82.8 Å². The predicted octanol–water partition coefficient (Wildman–Crippen LogP) is 1.64. The third-order valence-corrected chi connectivity index (χ3v) is 5.68. The summed E-state index contributed by atoms with van der Waals surface area (Å²) in [7, 11) is 0. The summed E-state index contributed by atoms with van der Waals surface area (Å²) >= 11 is 0. The van der Waals surface area contributed by atoms with E-state index < -0.39 is 6.10 Å². The zero-order chi connectivity index (χ0) is 21.2. The fourth-order valence-electron chi connectivity index (χ4n) is 4.03. The molecule has 1 N–H and O–H groups in total. The van der Waals surface area contributed by atoms with Crippen LogP contribution in [0.15, 0.2) is 42.6 Å². The average Bonchev–Trinajstić information content (AvgIpc) is 3.38. The van der Waals surface area contributed by atoms with Crippen molar-refractivity contribution in [1.29, 1.82) is 0 Å². The smallest absolute Gasteiger partial charge is 0.272 e. The summed E-state index contributed by atoms with van der Waals surface area (Å²) in [5.41, 5.74) is 2.42. The molecular formula is C22H23N5O4. The number of H-pyrrole nitrogens is 1. The van der Waals surface area contributed by atoms with Gasteiger partial charge in [-0.2, -0.15) is 5.10 Å². The van der Waals surface area contributed by atoms with Gasteiger partial charge in [0.05, 0.1) is 43.1 Å². The van der Waals surface area contributed by atoms with Crippen molar-refractivity contribution < 1.29 is 19.1 Å². The molecule has 2 aliphatic heterocycles. The maximum Gasteiger partial charge on any atom is 0.272 e. The molecule has 2 saturated heterocycles. The van der Waals surface area contributed by atoms with Crippen LogP contribution in [0.3, 0.4) is 0 Å². The Hall–Kier alpha value is -3.30. The molecule has 0 aliphatic carbocycles. The Balaban J connectivity index is 1.47. The minimum Gasteiger partial charge on any atom is -0.378 e. The summed E-state index contributed by atoms with van der Waals surface area (Å²) in [5.74, 6) is -0.166. The number of para-hydroxylation sites is 1. The maximum atomic E-state index is 13.3. The van der Waals surface area contributed by atoms with E-state index in [0.717, 1.165) is 10.9 Å². The van der Waals surface area contributed by atoms with E-state index in [2.05, 4.69) is 10.2 Å². The highest BCUT2D eigenvalue weighted by atomic mass is 16.5. The first kappa shape index (κ1) is 19.7. The molecule has 0 bridgehead atoms. The van der Waals surface area contributed by atoms with Crippen LogP contribution >= 0.6 is 0 Å². The summed E-state index contributed by atoms with van der Waals surface area (Å²) in [6, 6.07) is 11.1. The van der Waals surface area contributed by atoms with E-state index >= 15 is 0 Å². The third-order valence-electron chi connectivity index (χ3n) is 5.68. The van der Waals surface area contributed by atoms with Crippen LogP contribution in [0.1, 0.15) is 32.6 Å². The van der Waals surface area contributed by atoms with Gasteiger partial charge in [0.25, 0.3) is 11.8 Å². The van der Waals surface area contributed by atoms with Gasteiger partial charge in [0.15, 0.2) is 0 Å². The third kappa shape index (κ3) is 3.89. The molecule has 4 heterocycles. The monoisotopic (exact) mass is 421 g/mol. The van der Waals surface area contributed by atoms with Gasteiger partial charge in [-0.1, -0.05) is 18.2 Å². The van der Waals surface area contributed by atoms with Crippen molar-refractivity contribution >= 4 is 22.7 Å². The fraction of sp³-hybridized carbons (Fsp3) is 0.364. The van der Waals surface area contributed by atoms with Crippen LogP contribution in [0.25, 0.3) is 10.9 Å². The molecule has 2 amide bonds. The fourth-order valence-corrected chi connectivity index (χ4v) is 4.03. The lowest BCUT2D eigenvalue weighted by Gasteiger charge is -2.33. The molecule has 5 rings (SSSR count). The molecule has 2 aromatic heterocycles. The van der Waals surface area contributed by atoms with E-state index in [1.165, 1.54) is 0 Å². The topological polar surface area (TPSA) is 101 Å². The van der Waals surface area contributed by atoms with Gasteiger partial charge in [-0.3, -0.25) is 14.7 Å². The molecule has 160 valence electrons. The number of rotatable bonds is 3. The van der Waals surface area contributed by atoms with Gasteiger partial charge in [-0.25, -0.2) is 4.98 Å². The highest BCUT2D eigenvalue weighted by molar-refractivity contribution is 6.06. The number of amides is 2. The van der Waals surface area contributed by atoms with Crippen molar-refractivity contribution in [2.75, 3.05) is 46.0 Å². The Bertz CT molecular complexity index is 1090. The van der Waals surface area contributed by atoms with Crippen LogP contribution in [0.5, 0.6) is 0 Å². The summed E-state index contributed by atoms with van der Waals surface area (Å²) in [6.45, 7) is 3.45. The summed E-state index contributed by atoms with van der Waals surface area (Å²) < 4.78 is 11.4. The largest absolute Gasteiger partial charge is 0.378 e. The van der Waals surface area contributed by atoms with Crippen LogP contribution in [0.2, 0.25) is 0 Å². The Morgan fingerprint density at radius 3 is 2.61 bits per heavy atom. The molecule has 1 aromatic carbocycles. The number of morpholine rings is 2. The number of ether oxygens (including phenoxy) is 2. The molecule has 31 heavy (non-hydrogen) atoms. The van der Waals surface area contributed by atoms with Gasteiger partial charge in [0.1, 0.15) is 11.8 Å². The Morgan fingerprint density at radius 2 is 1.81 bits per heavy atom. The van der Waals surface area contributed by atoms with Gasteiger partial charge in [-0.05, 0) is 18.2 Å². The van der Waals surface area contributed by atoms with E-state index in [9.17, 15) is 9.59 Å². The molecule has 0 spiro atoms. The number of aromatic nitrogens is 3. The highest BCUT2D eigenvalue weighted by Gasteiger charge is 2.29. The minimum absolute atomic E-state index is 0.0376. The number of aromatic amines is 1. The highest BCUT2D eigenvalue weighted by Crippen LogP contribution is 2.27. The first-order chi connectivity index (χ1) is 15.2. The Kier molecular flexibility index (Phi) is 5.35. The van der Waals surface area contributed by atoms with Crippen molar-refractivity contribution in [3.63, 3.8) is 0 Å². The van der Waals surface area contributed by atoms with Gasteiger partial charge >= 0.3 is 0 Å². The normalized spacial score (nSPS) is 19.5. The van der Waals surface area contributed by atoms with Crippen molar-refractivity contribution in [2.45, 2.75) is 6.10 Å². The Labute approximate surface area is 178 Å². The number of benzene rings is 1. The second-order valence-corrected chi connectivity index (χ2v) is 7.60. The number of nitrogens with zero attached hydrogens (tertiary/aromatic N) is 4. The number of pyridine rings is 1. The van der Waals surface area contributed by atoms with Gasteiger partial charge in [0.2, 0.25) is 0 Å². The molecule has 1 atom stereocenters. The number of carbonyl (C=O) groups excluding carboxylic acids is 2. The molecule has 9 heteroatoms. The number of nitrogens with one attached hydrogen (secondary N) is 1. The van der Waals surface area contributed by atoms with Crippen molar-refractivity contribution in [1.82, 2.24) is 25.0 Å².